The van der Waals surface area contributed by atoms with E-state index >= 15 is 0 Å². The van der Waals surface area contributed by atoms with Crippen LogP contribution in [0.15, 0.2) is 30.3 Å². The average Bonchev–Trinajstić information content (AvgIpc) is 2.43. The highest BCUT2D eigenvalue weighted by atomic mass is 16.5. The molecule has 1 saturated heterocycles. The van der Waals surface area contributed by atoms with Gasteiger partial charge in [-0.3, -0.25) is 9.59 Å². The van der Waals surface area contributed by atoms with Gasteiger partial charge in [0.25, 0.3) is 0 Å². The van der Waals surface area contributed by atoms with Crippen LogP contribution in [0, 0.1) is 0 Å². The molecule has 5 nitrogen and oxygen atoms in total. The molecule has 0 spiro atoms. The van der Waals surface area contributed by atoms with Crippen LogP contribution in [0.5, 0.6) is 0 Å². The standard InChI is InChI=1S/C15H20N2O3/c1-11(2)20-9-8-17-13(18)10-16-15(19)14(17)12-6-4-3-5-7-12/h3-7,11,14H,8-10H2,1-2H3,(H,16,19). The zero-order valence-corrected chi connectivity index (χ0v) is 11.8. The number of rotatable bonds is 5. The SMILES string of the molecule is CC(C)OCCN1C(=O)CNC(=O)C1c1ccccc1. The Morgan fingerprint density at radius 1 is 1.30 bits per heavy atom. The molecule has 1 aliphatic heterocycles. The first-order chi connectivity index (χ1) is 9.59. The third-order valence-electron chi connectivity index (χ3n) is 3.19. The summed E-state index contributed by atoms with van der Waals surface area (Å²) in [7, 11) is 0. The fraction of sp³-hybridized carbons (Fsp3) is 0.467. The molecule has 1 aromatic carbocycles. The van der Waals surface area contributed by atoms with Crippen LogP contribution in [0.4, 0.5) is 0 Å². The molecule has 1 heterocycles. The summed E-state index contributed by atoms with van der Waals surface area (Å²) in [6, 6.07) is 8.78. The minimum atomic E-state index is -0.562. The van der Waals surface area contributed by atoms with E-state index in [1.54, 1.807) is 4.90 Å². The molecule has 5 heteroatoms. The van der Waals surface area contributed by atoms with Crippen molar-refractivity contribution in [3.8, 4) is 0 Å². The van der Waals surface area contributed by atoms with Crippen molar-refractivity contribution in [2.45, 2.75) is 26.0 Å². The van der Waals surface area contributed by atoms with E-state index in [1.807, 2.05) is 44.2 Å². The van der Waals surface area contributed by atoms with Gasteiger partial charge in [0.15, 0.2) is 0 Å². The maximum Gasteiger partial charge on any atom is 0.247 e. The molecule has 0 aromatic heterocycles. The highest BCUT2D eigenvalue weighted by Crippen LogP contribution is 2.23. The number of nitrogens with zero attached hydrogens (tertiary/aromatic N) is 1. The fourth-order valence-corrected chi connectivity index (χ4v) is 2.25. The Labute approximate surface area is 118 Å². The van der Waals surface area contributed by atoms with E-state index in [0.717, 1.165) is 5.56 Å². The molecule has 1 N–H and O–H groups in total. The van der Waals surface area contributed by atoms with Gasteiger partial charge in [0.2, 0.25) is 11.8 Å². The summed E-state index contributed by atoms with van der Waals surface area (Å²) in [6.07, 6.45) is 0.110. The van der Waals surface area contributed by atoms with Crippen molar-refractivity contribution in [3.63, 3.8) is 0 Å². The Kier molecular flexibility index (Phi) is 4.74. The van der Waals surface area contributed by atoms with Gasteiger partial charge in [0.05, 0.1) is 19.3 Å². The Morgan fingerprint density at radius 3 is 2.65 bits per heavy atom. The lowest BCUT2D eigenvalue weighted by Crippen LogP contribution is -2.54. The first-order valence-corrected chi connectivity index (χ1v) is 6.83. The summed E-state index contributed by atoms with van der Waals surface area (Å²) in [5.74, 6) is -0.217. The van der Waals surface area contributed by atoms with Crippen LogP contribution in [-0.4, -0.2) is 42.5 Å². The first kappa shape index (κ1) is 14.5. The number of carbonyl (C=O) groups is 2. The van der Waals surface area contributed by atoms with Gasteiger partial charge in [-0.25, -0.2) is 0 Å². The Hall–Kier alpha value is -1.88. The van der Waals surface area contributed by atoms with Crippen molar-refractivity contribution in [3.05, 3.63) is 35.9 Å². The number of carbonyl (C=O) groups excluding carboxylic acids is 2. The lowest BCUT2D eigenvalue weighted by molar-refractivity contribution is -0.146. The molecule has 2 amide bonds. The third kappa shape index (κ3) is 3.36. The average molecular weight is 276 g/mol. The highest BCUT2D eigenvalue weighted by Gasteiger charge is 2.35. The first-order valence-electron chi connectivity index (χ1n) is 6.83. The van der Waals surface area contributed by atoms with Gasteiger partial charge in [-0.2, -0.15) is 0 Å². The van der Waals surface area contributed by atoms with Crippen molar-refractivity contribution >= 4 is 11.8 Å². The van der Waals surface area contributed by atoms with E-state index < -0.39 is 6.04 Å². The second-order valence-corrected chi connectivity index (χ2v) is 5.04. The normalized spacial score (nSPS) is 19.4. The second-order valence-electron chi connectivity index (χ2n) is 5.04. The van der Waals surface area contributed by atoms with Crippen LogP contribution in [0.25, 0.3) is 0 Å². The van der Waals surface area contributed by atoms with E-state index in [-0.39, 0.29) is 24.5 Å². The zero-order chi connectivity index (χ0) is 14.5. The molecule has 0 aliphatic carbocycles. The molecular formula is C15H20N2O3. The highest BCUT2D eigenvalue weighted by molar-refractivity contribution is 5.95. The molecule has 108 valence electrons. The van der Waals surface area contributed by atoms with E-state index in [9.17, 15) is 9.59 Å². The Morgan fingerprint density at radius 2 is 2.00 bits per heavy atom. The van der Waals surface area contributed by atoms with Gasteiger partial charge in [-0.1, -0.05) is 30.3 Å². The quantitative estimate of drug-likeness (QED) is 0.876. The van der Waals surface area contributed by atoms with Gasteiger partial charge in [0, 0.05) is 6.54 Å². The van der Waals surface area contributed by atoms with Crippen LogP contribution in [0.2, 0.25) is 0 Å². The van der Waals surface area contributed by atoms with E-state index in [1.165, 1.54) is 0 Å². The topological polar surface area (TPSA) is 58.6 Å². The molecule has 0 saturated carbocycles. The van der Waals surface area contributed by atoms with Crippen molar-refractivity contribution in [1.29, 1.82) is 0 Å². The number of nitrogens with one attached hydrogen (secondary N) is 1. The number of hydrogen-bond acceptors (Lipinski definition) is 3. The number of ether oxygens (including phenoxy) is 1. The fourth-order valence-electron chi connectivity index (χ4n) is 2.25. The lowest BCUT2D eigenvalue weighted by atomic mass is 10.0. The van der Waals surface area contributed by atoms with E-state index in [0.29, 0.717) is 13.2 Å². The van der Waals surface area contributed by atoms with E-state index in [2.05, 4.69) is 5.32 Å². The molecule has 2 rings (SSSR count). The van der Waals surface area contributed by atoms with Crippen LogP contribution in [-0.2, 0) is 14.3 Å². The van der Waals surface area contributed by atoms with Gasteiger partial charge in [-0.05, 0) is 19.4 Å². The molecule has 20 heavy (non-hydrogen) atoms. The summed E-state index contributed by atoms with van der Waals surface area (Å²) < 4.78 is 5.49. The van der Waals surface area contributed by atoms with Crippen molar-refractivity contribution in [1.82, 2.24) is 10.2 Å². The summed E-state index contributed by atoms with van der Waals surface area (Å²) in [5.41, 5.74) is 0.822. The summed E-state index contributed by atoms with van der Waals surface area (Å²) in [6.45, 7) is 4.80. The van der Waals surface area contributed by atoms with Crippen LogP contribution < -0.4 is 5.32 Å². The van der Waals surface area contributed by atoms with Crippen LogP contribution in [0.3, 0.4) is 0 Å². The minimum absolute atomic E-state index is 0.0594. The van der Waals surface area contributed by atoms with Crippen LogP contribution >= 0.6 is 0 Å². The molecule has 1 aromatic rings. The molecule has 1 aliphatic rings. The molecule has 1 atom stereocenters. The lowest BCUT2D eigenvalue weighted by Gasteiger charge is -2.35. The summed E-state index contributed by atoms with van der Waals surface area (Å²) >= 11 is 0. The predicted molar refractivity (Wildman–Crippen MR) is 75.0 cm³/mol. The Balaban J connectivity index is 2.15. The van der Waals surface area contributed by atoms with Gasteiger partial charge < -0.3 is 15.0 Å². The maximum atomic E-state index is 12.1. The number of amides is 2. The maximum absolute atomic E-state index is 12.1. The molecule has 1 fully saturated rings. The molecular weight excluding hydrogens is 256 g/mol. The van der Waals surface area contributed by atoms with Crippen LogP contribution in [0.1, 0.15) is 25.5 Å². The molecule has 0 bridgehead atoms. The van der Waals surface area contributed by atoms with Crippen molar-refractivity contribution in [2.24, 2.45) is 0 Å². The van der Waals surface area contributed by atoms with Crippen molar-refractivity contribution < 1.29 is 14.3 Å². The summed E-state index contributed by atoms with van der Waals surface area (Å²) in [4.78, 5) is 25.8. The third-order valence-corrected chi connectivity index (χ3v) is 3.19. The number of piperazine rings is 1. The smallest absolute Gasteiger partial charge is 0.247 e. The number of benzene rings is 1. The van der Waals surface area contributed by atoms with Crippen molar-refractivity contribution in [2.75, 3.05) is 19.7 Å². The zero-order valence-electron chi connectivity index (χ0n) is 11.8. The molecule has 0 radical (unpaired) electrons. The molecule has 1 unspecified atom stereocenters. The Bertz CT molecular complexity index is 473. The second kappa shape index (κ2) is 6.52. The predicted octanol–water partition coefficient (Wildman–Crippen LogP) is 1.11. The summed E-state index contributed by atoms with van der Waals surface area (Å²) in [5, 5.41) is 2.64. The van der Waals surface area contributed by atoms with Gasteiger partial charge in [-0.15, -0.1) is 0 Å². The minimum Gasteiger partial charge on any atom is -0.377 e. The largest absolute Gasteiger partial charge is 0.377 e. The van der Waals surface area contributed by atoms with Gasteiger partial charge in [0.1, 0.15) is 6.04 Å². The number of hydrogen-bond donors (Lipinski definition) is 1. The van der Waals surface area contributed by atoms with Gasteiger partial charge >= 0.3 is 0 Å². The van der Waals surface area contributed by atoms with E-state index in [4.69, 9.17) is 4.74 Å². The monoisotopic (exact) mass is 276 g/mol.